The molecule has 1 heterocycles. The van der Waals surface area contributed by atoms with Crippen molar-refractivity contribution in [2.75, 3.05) is 6.54 Å². The Kier molecular flexibility index (Phi) is 6.29. The Morgan fingerprint density at radius 2 is 1.76 bits per heavy atom. The predicted octanol–water partition coefficient (Wildman–Crippen LogP) is 3.92. The molecule has 0 aliphatic rings. The highest BCUT2D eigenvalue weighted by atomic mass is 32.2. The van der Waals surface area contributed by atoms with Gasteiger partial charge in [0.1, 0.15) is 5.25 Å². The SMILES string of the molecule is O=C(NCCCn1cccn1)C(Sc1ccccc1)c1ccccc1. The fourth-order valence-electron chi connectivity index (χ4n) is 2.51. The summed E-state index contributed by atoms with van der Waals surface area (Å²) in [6.07, 6.45) is 4.55. The van der Waals surface area contributed by atoms with Gasteiger partial charge in [0.15, 0.2) is 0 Å². The van der Waals surface area contributed by atoms with Crippen molar-refractivity contribution >= 4 is 17.7 Å². The molecule has 2 aromatic carbocycles. The van der Waals surface area contributed by atoms with Crippen LogP contribution in [0.3, 0.4) is 0 Å². The first-order valence-corrected chi connectivity index (χ1v) is 9.23. The van der Waals surface area contributed by atoms with Gasteiger partial charge < -0.3 is 5.32 Å². The highest BCUT2D eigenvalue weighted by Gasteiger charge is 2.21. The van der Waals surface area contributed by atoms with E-state index in [0.717, 1.165) is 23.4 Å². The summed E-state index contributed by atoms with van der Waals surface area (Å²) in [7, 11) is 0. The second kappa shape index (κ2) is 9.08. The van der Waals surface area contributed by atoms with Crippen LogP contribution in [0.2, 0.25) is 0 Å². The number of aromatic nitrogens is 2. The van der Waals surface area contributed by atoms with Gasteiger partial charge >= 0.3 is 0 Å². The Morgan fingerprint density at radius 3 is 2.44 bits per heavy atom. The lowest BCUT2D eigenvalue weighted by Crippen LogP contribution is -2.29. The normalized spacial score (nSPS) is 11.8. The molecule has 1 aromatic heterocycles. The third-order valence-corrected chi connectivity index (χ3v) is 5.03. The maximum atomic E-state index is 12.8. The zero-order valence-corrected chi connectivity index (χ0v) is 14.7. The highest BCUT2D eigenvalue weighted by molar-refractivity contribution is 8.00. The molecule has 0 fully saturated rings. The smallest absolute Gasteiger partial charge is 0.237 e. The molecule has 1 atom stereocenters. The van der Waals surface area contributed by atoms with Crippen LogP contribution in [-0.4, -0.2) is 22.2 Å². The minimum absolute atomic E-state index is 0.0421. The molecule has 1 N–H and O–H groups in total. The number of amides is 1. The third kappa shape index (κ3) is 5.22. The first kappa shape index (κ1) is 17.3. The van der Waals surface area contributed by atoms with Crippen molar-refractivity contribution in [1.29, 1.82) is 0 Å². The monoisotopic (exact) mass is 351 g/mol. The maximum absolute atomic E-state index is 12.8. The van der Waals surface area contributed by atoms with Crippen LogP contribution in [-0.2, 0) is 11.3 Å². The molecule has 0 aliphatic heterocycles. The second-order valence-corrected chi connectivity index (χ2v) is 6.81. The van der Waals surface area contributed by atoms with Gasteiger partial charge in [-0.1, -0.05) is 48.5 Å². The van der Waals surface area contributed by atoms with Crippen LogP contribution < -0.4 is 5.32 Å². The first-order valence-electron chi connectivity index (χ1n) is 8.35. The van der Waals surface area contributed by atoms with Gasteiger partial charge in [0.05, 0.1) is 0 Å². The Hall–Kier alpha value is -2.53. The van der Waals surface area contributed by atoms with Gasteiger partial charge in [-0.15, -0.1) is 11.8 Å². The first-order chi connectivity index (χ1) is 12.3. The average Bonchev–Trinajstić information content (AvgIpc) is 3.18. The minimum atomic E-state index is -0.256. The lowest BCUT2D eigenvalue weighted by molar-refractivity contribution is -0.120. The molecule has 25 heavy (non-hydrogen) atoms. The topological polar surface area (TPSA) is 46.9 Å². The van der Waals surface area contributed by atoms with Crippen molar-refractivity contribution in [3.8, 4) is 0 Å². The van der Waals surface area contributed by atoms with Crippen LogP contribution >= 0.6 is 11.8 Å². The number of hydrogen-bond donors (Lipinski definition) is 1. The number of aryl methyl sites for hydroxylation is 1. The van der Waals surface area contributed by atoms with Crippen LogP contribution in [0.1, 0.15) is 17.2 Å². The number of benzene rings is 2. The van der Waals surface area contributed by atoms with E-state index in [1.807, 2.05) is 77.6 Å². The molecule has 0 spiro atoms. The van der Waals surface area contributed by atoms with Crippen molar-refractivity contribution in [2.45, 2.75) is 23.1 Å². The van der Waals surface area contributed by atoms with E-state index < -0.39 is 0 Å². The fraction of sp³-hybridized carbons (Fsp3) is 0.200. The molecular weight excluding hydrogens is 330 g/mol. The number of carbonyl (C=O) groups is 1. The minimum Gasteiger partial charge on any atom is -0.355 e. The summed E-state index contributed by atoms with van der Waals surface area (Å²) in [4.78, 5) is 13.8. The van der Waals surface area contributed by atoms with Gasteiger partial charge in [0.2, 0.25) is 5.91 Å². The number of nitrogens with zero attached hydrogens (tertiary/aromatic N) is 2. The van der Waals surface area contributed by atoms with E-state index in [1.165, 1.54) is 0 Å². The van der Waals surface area contributed by atoms with Gasteiger partial charge in [-0.25, -0.2) is 0 Å². The second-order valence-electron chi connectivity index (χ2n) is 5.64. The van der Waals surface area contributed by atoms with Crippen molar-refractivity contribution in [3.63, 3.8) is 0 Å². The van der Waals surface area contributed by atoms with Crippen molar-refractivity contribution in [2.24, 2.45) is 0 Å². The summed E-state index contributed by atoms with van der Waals surface area (Å²) in [6, 6.07) is 21.9. The molecule has 128 valence electrons. The third-order valence-electron chi connectivity index (χ3n) is 3.76. The zero-order chi connectivity index (χ0) is 17.3. The van der Waals surface area contributed by atoms with Gasteiger partial charge in [0.25, 0.3) is 0 Å². The number of carbonyl (C=O) groups excluding carboxylic acids is 1. The van der Waals surface area contributed by atoms with Crippen molar-refractivity contribution in [3.05, 3.63) is 84.7 Å². The average molecular weight is 351 g/mol. The molecule has 3 rings (SSSR count). The Bertz CT molecular complexity index is 760. The fourth-order valence-corrected chi connectivity index (χ4v) is 3.58. The van der Waals surface area contributed by atoms with Crippen LogP contribution in [0.15, 0.2) is 84.0 Å². The van der Waals surface area contributed by atoms with Gasteiger partial charge in [-0.2, -0.15) is 5.10 Å². The molecule has 0 bridgehead atoms. The van der Waals surface area contributed by atoms with E-state index in [-0.39, 0.29) is 11.2 Å². The standard InChI is InChI=1S/C20H21N3OS/c24-20(21-13-7-15-23-16-8-14-22-23)19(17-9-3-1-4-10-17)25-18-11-5-2-6-12-18/h1-6,8-12,14,16,19H,7,13,15H2,(H,21,24). The molecule has 1 amide bonds. The lowest BCUT2D eigenvalue weighted by atomic mass is 10.1. The number of thioether (sulfide) groups is 1. The molecule has 0 radical (unpaired) electrons. The summed E-state index contributed by atoms with van der Waals surface area (Å²) in [6.45, 7) is 1.44. The van der Waals surface area contributed by atoms with Gasteiger partial charge in [-0.3, -0.25) is 9.48 Å². The Labute approximate surface area is 152 Å². The molecule has 5 heteroatoms. The largest absolute Gasteiger partial charge is 0.355 e. The Morgan fingerprint density at radius 1 is 1.04 bits per heavy atom. The molecular formula is C20H21N3OS. The molecule has 1 unspecified atom stereocenters. The molecule has 0 saturated carbocycles. The maximum Gasteiger partial charge on any atom is 0.237 e. The quantitative estimate of drug-likeness (QED) is 0.494. The molecule has 3 aromatic rings. The summed E-state index contributed by atoms with van der Waals surface area (Å²) in [5, 5.41) is 6.98. The molecule has 4 nitrogen and oxygen atoms in total. The van der Waals surface area contributed by atoms with E-state index in [4.69, 9.17) is 0 Å². The lowest BCUT2D eigenvalue weighted by Gasteiger charge is -2.17. The number of rotatable bonds is 8. The summed E-state index contributed by atoms with van der Waals surface area (Å²) < 4.78 is 1.87. The van der Waals surface area contributed by atoms with Crippen LogP contribution in [0.25, 0.3) is 0 Å². The van der Waals surface area contributed by atoms with E-state index in [9.17, 15) is 4.79 Å². The van der Waals surface area contributed by atoms with Crippen LogP contribution in [0, 0.1) is 0 Å². The molecule has 0 aliphatic carbocycles. The summed E-state index contributed by atoms with van der Waals surface area (Å²) in [5.41, 5.74) is 1.01. The van der Waals surface area contributed by atoms with Gasteiger partial charge in [0, 0.05) is 30.4 Å². The van der Waals surface area contributed by atoms with Crippen LogP contribution in [0.5, 0.6) is 0 Å². The highest BCUT2D eigenvalue weighted by Crippen LogP contribution is 2.35. The van der Waals surface area contributed by atoms with Gasteiger partial charge in [-0.05, 0) is 30.2 Å². The Balaban J connectivity index is 1.60. The van der Waals surface area contributed by atoms with E-state index >= 15 is 0 Å². The van der Waals surface area contributed by atoms with Crippen molar-refractivity contribution < 1.29 is 4.79 Å². The van der Waals surface area contributed by atoms with E-state index in [0.29, 0.717) is 6.54 Å². The summed E-state index contributed by atoms with van der Waals surface area (Å²) in [5.74, 6) is 0.0421. The van der Waals surface area contributed by atoms with Crippen LogP contribution in [0.4, 0.5) is 0 Å². The summed E-state index contributed by atoms with van der Waals surface area (Å²) >= 11 is 1.58. The predicted molar refractivity (Wildman–Crippen MR) is 101 cm³/mol. The number of hydrogen-bond acceptors (Lipinski definition) is 3. The van der Waals surface area contributed by atoms with E-state index in [1.54, 1.807) is 18.0 Å². The zero-order valence-electron chi connectivity index (χ0n) is 13.9. The van der Waals surface area contributed by atoms with Crippen molar-refractivity contribution in [1.82, 2.24) is 15.1 Å². The molecule has 0 saturated heterocycles. The van der Waals surface area contributed by atoms with E-state index in [2.05, 4.69) is 10.4 Å². The number of nitrogens with one attached hydrogen (secondary N) is 1.